The maximum atomic E-state index is 2.47. The number of hydrogen-bond acceptors (Lipinski definition) is 3. The fourth-order valence-corrected chi connectivity index (χ4v) is 12.5. The third kappa shape index (κ3) is 8.00. The second-order valence-electron chi connectivity index (χ2n) is 8.47. The van der Waals surface area contributed by atoms with E-state index in [-0.39, 0.29) is 0 Å². The molecule has 0 aromatic rings. The standard InChI is InChI=1S/C24H48S3/c1-7-13-16-19-22(10-4)25-23(11-5,20-17-14-8-2)27-24(12-6,26-22)21-18-15-9-3/h7-21H2,1-6H3. The highest BCUT2D eigenvalue weighted by Gasteiger charge is 2.53. The Balaban J connectivity index is 3.10. The molecule has 162 valence electrons. The van der Waals surface area contributed by atoms with Crippen molar-refractivity contribution in [3.8, 4) is 0 Å². The quantitative estimate of drug-likeness (QED) is 0.236. The van der Waals surface area contributed by atoms with Crippen molar-refractivity contribution in [2.75, 3.05) is 0 Å². The maximum Gasteiger partial charge on any atom is 0.0636 e. The molecule has 1 rings (SSSR count). The molecule has 0 saturated carbocycles. The Hall–Kier alpha value is 1.05. The van der Waals surface area contributed by atoms with Gasteiger partial charge in [0, 0.05) is 0 Å². The zero-order valence-corrected chi connectivity index (χ0v) is 21.8. The number of hydrogen-bond donors (Lipinski definition) is 0. The zero-order chi connectivity index (χ0) is 20.2. The van der Waals surface area contributed by atoms with Gasteiger partial charge in [0.15, 0.2) is 0 Å². The van der Waals surface area contributed by atoms with Crippen molar-refractivity contribution in [1.82, 2.24) is 0 Å². The first-order valence-corrected chi connectivity index (χ1v) is 14.5. The van der Waals surface area contributed by atoms with E-state index < -0.39 is 0 Å². The topological polar surface area (TPSA) is 0 Å². The minimum Gasteiger partial charge on any atom is -0.126 e. The summed E-state index contributed by atoms with van der Waals surface area (Å²) in [6.07, 6.45) is 20.7. The molecule has 0 aromatic heterocycles. The molecule has 1 fully saturated rings. The van der Waals surface area contributed by atoms with Crippen LogP contribution in [0.4, 0.5) is 0 Å². The van der Waals surface area contributed by atoms with Crippen molar-refractivity contribution in [2.45, 2.75) is 150 Å². The van der Waals surface area contributed by atoms with Crippen LogP contribution < -0.4 is 0 Å². The summed E-state index contributed by atoms with van der Waals surface area (Å²) in [6, 6.07) is 0. The molecule has 0 aromatic carbocycles. The molecule has 0 amide bonds. The van der Waals surface area contributed by atoms with Gasteiger partial charge >= 0.3 is 0 Å². The van der Waals surface area contributed by atoms with Crippen molar-refractivity contribution >= 4 is 35.3 Å². The molecule has 27 heavy (non-hydrogen) atoms. The van der Waals surface area contributed by atoms with Gasteiger partial charge in [-0.25, -0.2) is 0 Å². The van der Waals surface area contributed by atoms with Gasteiger partial charge in [0.25, 0.3) is 0 Å². The minimum atomic E-state index is 0.449. The van der Waals surface area contributed by atoms with Crippen molar-refractivity contribution in [3.05, 3.63) is 0 Å². The van der Waals surface area contributed by atoms with Gasteiger partial charge in [0.1, 0.15) is 0 Å². The lowest BCUT2D eigenvalue weighted by molar-refractivity contribution is 0.552. The third-order valence-electron chi connectivity index (χ3n) is 6.22. The summed E-state index contributed by atoms with van der Waals surface area (Å²) in [4.78, 5) is 0. The normalized spacial score (nSPS) is 31.3. The van der Waals surface area contributed by atoms with E-state index in [1.807, 2.05) is 0 Å². The van der Waals surface area contributed by atoms with E-state index in [9.17, 15) is 0 Å². The summed E-state index contributed by atoms with van der Waals surface area (Å²) in [5.74, 6) is 0. The van der Waals surface area contributed by atoms with Crippen LogP contribution in [-0.2, 0) is 0 Å². The molecule has 0 bridgehead atoms. The van der Waals surface area contributed by atoms with Crippen LogP contribution in [0.3, 0.4) is 0 Å². The Kier molecular flexibility index (Phi) is 12.9. The van der Waals surface area contributed by atoms with E-state index >= 15 is 0 Å². The molecule has 1 aliphatic rings. The first-order chi connectivity index (χ1) is 13.0. The van der Waals surface area contributed by atoms with Crippen LogP contribution in [0.25, 0.3) is 0 Å². The number of thioether (sulfide) groups is 3. The molecule has 3 heteroatoms. The lowest BCUT2D eigenvalue weighted by Gasteiger charge is -2.55. The summed E-state index contributed by atoms with van der Waals surface area (Å²) in [6.45, 7) is 14.5. The average Bonchev–Trinajstić information content (AvgIpc) is 2.68. The Morgan fingerprint density at radius 2 is 0.667 bits per heavy atom. The smallest absolute Gasteiger partial charge is 0.0636 e. The maximum absolute atomic E-state index is 2.47. The summed E-state index contributed by atoms with van der Waals surface area (Å²) in [5.41, 5.74) is 0. The van der Waals surface area contributed by atoms with Crippen LogP contribution >= 0.6 is 35.3 Å². The van der Waals surface area contributed by atoms with E-state index in [4.69, 9.17) is 0 Å². The highest BCUT2D eigenvalue weighted by Crippen LogP contribution is 2.71. The van der Waals surface area contributed by atoms with Gasteiger partial charge in [0.05, 0.1) is 12.2 Å². The van der Waals surface area contributed by atoms with E-state index in [0.29, 0.717) is 12.2 Å². The lowest BCUT2D eigenvalue weighted by Crippen LogP contribution is -2.43. The summed E-state index contributed by atoms with van der Waals surface area (Å²) in [5, 5.41) is 0. The SMILES string of the molecule is CCCCCC1(CC)SC(CC)(CCCCC)SC(CC)(CCCCC)S1. The molecule has 1 aliphatic heterocycles. The van der Waals surface area contributed by atoms with Crippen LogP contribution in [-0.4, -0.2) is 12.2 Å². The zero-order valence-electron chi connectivity index (χ0n) is 19.3. The summed E-state index contributed by atoms with van der Waals surface area (Å²) in [7, 11) is 0. The van der Waals surface area contributed by atoms with Gasteiger partial charge in [-0.1, -0.05) is 99.3 Å². The minimum absolute atomic E-state index is 0.449. The average molecular weight is 433 g/mol. The van der Waals surface area contributed by atoms with Crippen LogP contribution in [0, 0.1) is 0 Å². The predicted molar refractivity (Wildman–Crippen MR) is 134 cm³/mol. The fraction of sp³-hybridized carbons (Fsp3) is 1.00. The van der Waals surface area contributed by atoms with Crippen molar-refractivity contribution in [3.63, 3.8) is 0 Å². The second-order valence-corrected chi connectivity index (χ2v) is 14.5. The first kappa shape index (κ1) is 26.1. The second kappa shape index (κ2) is 13.4. The molecule has 0 unspecified atom stereocenters. The van der Waals surface area contributed by atoms with Crippen LogP contribution in [0.5, 0.6) is 0 Å². The molecule has 0 aliphatic carbocycles. The van der Waals surface area contributed by atoms with E-state index in [1.54, 1.807) is 0 Å². The Labute approximate surface area is 184 Å². The molecular weight excluding hydrogens is 384 g/mol. The fourth-order valence-electron chi connectivity index (χ4n) is 4.28. The van der Waals surface area contributed by atoms with Gasteiger partial charge < -0.3 is 0 Å². The largest absolute Gasteiger partial charge is 0.126 e. The summed E-state index contributed by atoms with van der Waals surface area (Å²) >= 11 is 7.23. The third-order valence-corrected chi connectivity index (χ3v) is 12.9. The molecule has 0 N–H and O–H groups in total. The number of rotatable bonds is 15. The van der Waals surface area contributed by atoms with E-state index in [1.165, 1.54) is 96.3 Å². The highest BCUT2D eigenvalue weighted by molar-refractivity contribution is 8.35. The summed E-state index contributed by atoms with van der Waals surface area (Å²) < 4.78 is 1.35. The van der Waals surface area contributed by atoms with Crippen molar-refractivity contribution in [1.29, 1.82) is 0 Å². The Morgan fingerprint density at radius 3 is 0.852 bits per heavy atom. The monoisotopic (exact) mass is 432 g/mol. The molecule has 0 radical (unpaired) electrons. The predicted octanol–water partition coefficient (Wildman–Crippen LogP) is 10.3. The van der Waals surface area contributed by atoms with E-state index in [0.717, 1.165) is 0 Å². The van der Waals surface area contributed by atoms with Gasteiger partial charge in [-0.15, -0.1) is 35.3 Å². The van der Waals surface area contributed by atoms with Crippen molar-refractivity contribution < 1.29 is 0 Å². The van der Waals surface area contributed by atoms with Crippen LogP contribution in [0.1, 0.15) is 138 Å². The molecule has 1 heterocycles. The molecular formula is C24H48S3. The first-order valence-electron chi connectivity index (χ1n) is 12.1. The van der Waals surface area contributed by atoms with Gasteiger partial charge in [-0.05, 0) is 38.5 Å². The lowest BCUT2D eigenvalue weighted by atomic mass is 10.1. The molecule has 1 saturated heterocycles. The Morgan fingerprint density at radius 1 is 0.407 bits per heavy atom. The van der Waals surface area contributed by atoms with Crippen molar-refractivity contribution in [2.24, 2.45) is 0 Å². The molecule has 0 atom stereocenters. The van der Waals surface area contributed by atoms with Crippen LogP contribution in [0.15, 0.2) is 0 Å². The number of unbranched alkanes of at least 4 members (excludes halogenated alkanes) is 6. The Bertz CT molecular complexity index is 317. The van der Waals surface area contributed by atoms with E-state index in [2.05, 4.69) is 76.8 Å². The van der Waals surface area contributed by atoms with Gasteiger partial charge in [-0.3, -0.25) is 0 Å². The highest BCUT2D eigenvalue weighted by atomic mass is 32.3. The molecule has 0 spiro atoms. The van der Waals surface area contributed by atoms with Gasteiger partial charge in [-0.2, -0.15) is 0 Å². The van der Waals surface area contributed by atoms with Crippen LogP contribution in [0.2, 0.25) is 0 Å². The molecule has 0 nitrogen and oxygen atoms in total. The van der Waals surface area contributed by atoms with Gasteiger partial charge in [0.2, 0.25) is 0 Å².